The standard InChI is InChI=1S/C28H52N8S/c37-28(32-24-5-7-25(8-6-24)36-12-3-11-31-36)30-19-26-18-22-9-13-35(26)21-23(22)20-33-14-16-34(17-15-33)27-4-1-2-10-29-27/h22-27,29,31H,1-21H2,(H2,30,32,37)/p+2/t22-,23+,24?,25?,26+,27?/m0/s1. The molecule has 0 aromatic rings. The second kappa shape index (κ2) is 12.7. The summed E-state index contributed by atoms with van der Waals surface area (Å²) in [6, 6.07) is 2.02. The number of hydrogen-bond acceptors (Lipinski definition) is 5. The largest absolute Gasteiger partial charge is 0.360 e. The van der Waals surface area contributed by atoms with Crippen molar-refractivity contribution in [2.75, 3.05) is 72.0 Å². The maximum Gasteiger partial charge on any atom is 0.166 e. The number of nitrogens with two attached hydrogens (primary N) is 1. The van der Waals surface area contributed by atoms with E-state index < -0.39 is 0 Å². The molecule has 0 aromatic carbocycles. The fraction of sp³-hybridized carbons (Fsp3) is 0.964. The molecule has 6 heterocycles. The van der Waals surface area contributed by atoms with Gasteiger partial charge in [-0.05, 0) is 63.1 Å². The predicted octanol–water partition coefficient (Wildman–Crippen LogP) is -1.04. The Morgan fingerprint density at radius 1 is 0.973 bits per heavy atom. The average molecular weight is 535 g/mol. The van der Waals surface area contributed by atoms with E-state index in [-0.39, 0.29) is 0 Å². The van der Waals surface area contributed by atoms with Gasteiger partial charge in [0.15, 0.2) is 5.11 Å². The highest BCUT2D eigenvalue weighted by Crippen LogP contribution is 2.28. The van der Waals surface area contributed by atoms with E-state index >= 15 is 0 Å². The molecule has 2 bridgehead atoms. The molecule has 0 spiro atoms. The molecule has 7 aliphatic rings. The number of nitrogens with one attached hydrogen (secondary N) is 4. The Kier molecular flexibility index (Phi) is 9.19. The number of rotatable bonds is 7. The second-order valence-corrected chi connectivity index (χ2v) is 13.5. The molecule has 6 N–H and O–H groups in total. The minimum Gasteiger partial charge on any atom is -0.360 e. The topological polar surface area (TPSA) is 66.9 Å². The molecule has 2 unspecified atom stereocenters. The average Bonchev–Trinajstić information content (AvgIpc) is 3.49. The summed E-state index contributed by atoms with van der Waals surface area (Å²) < 4.78 is 0. The number of hydrazine groups is 1. The quantitative estimate of drug-likeness (QED) is 0.267. The van der Waals surface area contributed by atoms with E-state index in [1.165, 1.54) is 123 Å². The lowest BCUT2D eigenvalue weighted by Gasteiger charge is -2.49. The Bertz CT molecular complexity index is 726. The van der Waals surface area contributed by atoms with Crippen molar-refractivity contribution < 1.29 is 10.2 Å². The number of piperazine rings is 1. The van der Waals surface area contributed by atoms with Crippen LogP contribution in [0.15, 0.2) is 0 Å². The number of fused-ring (bicyclic) bond motifs is 3. The maximum absolute atomic E-state index is 5.75. The molecule has 1 aliphatic carbocycles. The summed E-state index contributed by atoms with van der Waals surface area (Å²) in [4.78, 5) is 7.41. The summed E-state index contributed by atoms with van der Waals surface area (Å²) >= 11 is 5.75. The van der Waals surface area contributed by atoms with Crippen molar-refractivity contribution in [3.63, 3.8) is 0 Å². The van der Waals surface area contributed by atoms with Crippen LogP contribution < -0.4 is 26.3 Å². The maximum atomic E-state index is 5.75. The molecule has 0 aromatic heterocycles. The fourth-order valence-electron chi connectivity index (χ4n) is 8.58. The third-order valence-corrected chi connectivity index (χ3v) is 11.1. The minimum absolute atomic E-state index is 0.551. The van der Waals surface area contributed by atoms with E-state index in [0.717, 1.165) is 48.3 Å². The van der Waals surface area contributed by atoms with E-state index in [0.29, 0.717) is 6.04 Å². The summed E-state index contributed by atoms with van der Waals surface area (Å²) in [7, 11) is 0. The smallest absolute Gasteiger partial charge is 0.166 e. The lowest BCUT2D eigenvalue weighted by atomic mass is 9.75. The van der Waals surface area contributed by atoms with Gasteiger partial charge in [-0.25, -0.2) is 5.01 Å². The number of quaternary nitrogens is 2. The van der Waals surface area contributed by atoms with Crippen molar-refractivity contribution in [1.82, 2.24) is 30.9 Å². The van der Waals surface area contributed by atoms with Crippen LogP contribution >= 0.6 is 12.2 Å². The van der Waals surface area contributed by atoms with Crippen LogP contribution in [0.25, 0.3) is 0 Å². The molecule has 6 saturated heterocycles. The van der Waals surface area contributed by atoms with E-state index in [1.54, 1.807) is 0 Å². The van der Waals surface area contributed by atoms with Crippen LogP contribution in [0.3, 0.4) is 0 Å². The zero-order chi connectivity index (χ0) is 25.0. The van der Waals surface area contributed by atoms with E-state index in [4.69, 9.17) is 12.2 Å². The molecular weight excluding hydrogens is 480 g/mol. The van der Waals surface area contributed by atoms with Crippen molar-refractivity contribution in [3.8, 4) is 0 Å². The van der Waals surface area contributed by atoms with E-state index in [9.17, 15) is 0 Å². The first-order valence-corrected chi connectivity index (χ1v) is 16.3. The first-order chi connectivity index (χ1) is 18.2. The van der Waals surface area contributed by atoms with E-state index in [2.05, 4.69) is 36.2 Å². The molecule has 7 fully saturated rings. The van der Waals surface area contributed by atoms with Crippen LogP contribution in [0.5, 0.6) is 0 Å². The normalized spacial score (nSPS) is 40.1. The van der Waals surface area contributed by atoms with Crippen molar-refractivity contribution in [2.45, 2.75) is 88.5 Å². The highest BCUT2D eigenvalue weighted by Gasteiger charge is 2.44. The van der Waals surface area contributed by atoms with Crippen molar-refractivity contribution in [2.24, 2.45) is 11.8 Å². The highest BCUT2D eigenvalue weighted by atomic mass is 32.1. The zero-order valence-electron chi connectivity index (χ0n) is 23.1. The lowest BCUT2D eigenvalue weighted by Crippen LogP contribution is -3.20. The molecule has 6 aliphatic heterocycles. The van der Waals surface area contributed by atoms with Crippen LogP contribution in [-0.2, 0) is 0 Å². The molecule has 0 radical (unpaired) electrons. The van der Waals surface area contributed by atoms with Crippen LogP contribution in [0.2, 0.25) is 0 Å². The van der Waals surface area contributed by atoms with Gasteiger partial charge in [-0.1, -0.05) is 0 Å². The molecule has 7 rings (SSSR count). The molecule has 210 valence electrons. The molecular formula is C28H54N8S+2. The molecule has 9 heteroatoms. The van der Waals surface area contributed by atoms with Gasteiger partial charge in [0.2, 0.25) is 0 Å². The van der Waals surface area contributed by atoms with Gasteiger partial charge in [0.25, 0.3) is 0 Å². The summed E-state index contributed by atoms with van der Waals surface area (Å²) in [5.41, 5.74) is 3.56. The van der Waals surface area contributed by atoms with Crippen molar-refractivity contribution >= 4 is 17.3 Å². The van der Waals surface area contributed by atoms with Crippen LogP contribution in [-0.4, -0.2) is 116 Å². The van der Waals surface area contributed by atoms with Crippen LogP contribution in [0.1, 0.15) is 64.2 Å². The fourth-order valence-corrected chi connectivity index (χ4v) is 8.83. The lowest BCUT2D eigenvalue weighted by molar-refractivity contribution is -0.945. The zero-order valence-corrected chi connectivity index (χ0v) is 24.0. The van der Waals surface area contributed by atoms with Gasteiger partial charge >= 0.3 is 0 Å². The summed E-state index contributed by atoms with van der Waals surface area (Å²) in [5.74, 6) is 1.82. The van der Waals surface area contributed by atoms with Crippen LogP contribution in [0, 0.1) is 11.8 Å². The summed E-state index contributed by atoms with van der Waals surface area (Å²) in [6.45, 7) is 14.0. The Labute approximate surface area is 230 Å². The summed E-state index contributed by atoms with van der Waals surface area (Å²) in [5, 5.41) is 13.3. The Balaban J connectivity index is 0.879. The SMILES string of the molecule is S=C(NC[C@H]1C[C@@H]2CC[NH+]1C[C@H]2CN1CCN(C2CCCC[NH2+]2)CC1)NC1CCC(N2CCCN2)CC1. The Morgan fingerprint density at radius 3 is 2.54 bits per heavy atom. The molecule has 37 heavy (non-hydrogen) atoms. The number of nitrogens with zero attached hydrogens (tertiary/aromatic N) is 3. The second-order valence-electron chi connectivity index (χ2n) is 13.1. The van der Waals surface area contributed by atoms with Gasteiger partial charge in [-0.2, -0.15) is 0 Å². The monoisotopic (exact) mass is 534 g/mol. The number of thiocarbonyl (C=S) groups is 1. The predicted molar refractivity (Wildman–Crippen MR) is 152 cm³/mol. The van der Waals surface area contributed by atoms with Gasteiger partial charge < -0.3 is 25.8 Å². The number of hydrogen-bond donors (Lipinski definition) is 5. The van der Waals surface area contributed by atoms with Gasteiger partial charge in [-0.3, -0.25) is 10.3 Å². The first kappa shape index (κ1) is 26.7. The van der Waals surface area contributed by atoms with Gasteiger partial charge in [0.05, 0.1) is 26.2 Å². The van der Waals surface area contributed by atoms with Crippen molar-refractivity contribution in [3.05, 3.63) is 0 Å². The Morgan fingerprint density at radius 2 is 1.84 bits per heavy atom. The van der Waals surface area contributed by atoms with Crippen LogP contribution in [0.4, 0.5) is 0 Å². The molecule has 8 nitrogen and oxygen atoms in total. The third-order valence-electron chi connectivity index (χ3n) is 10.8. The third kappa shape index (κ3) is 6.79. The summed E-state index contributed by atoms with van der Waals surface area (Å²) in [6.07, 6.45) is 14.2. The Hall–Kier alpha value is -0.550. The minimum atomic E-state index is 0.551. The molecule has 1 saturated carbocycles. The highest BCUT2D eigenvalue weighted by molar-refractivity contribution is 7.80. The van der Waals surface area contributed by atoms with Gasteiger partial charge in [0, 0.05) is 83.1 Å². The molecule has 0 amide bonds. The van der Waals surface area contributed by atoms with E-state index in [1.807, 2.05) is 4.90 Å². The number of piperidine rings is 4. The van der Waals surface area contributed by atoms with Gasteiger partial charge in [-0.15, -0.1) is 0 Å². The molecule has 5 atom stereocenters. The van der Waals surface area contributed by atoms with Gasteiger partial charge in [0.1, 0.15) is 12.2 Å². The van der Waals surface area contributed by atoms with Crippen molar-refractivity contribution in [1.29, 1.82) is 0 Å². The first-order valence-electron chi connectivity index (χ1n) is 15.9.